The highest BCUT2D eigenvalue weighted by molar-refractivity contribution is 5.77. The van der Waals surface area contributed by atoms with Gasteiger partial charge in [0, 0.05) is 26.7 Å². The number of nitrogens with zero attached hydrogens (tertiary/aromatic N) is 2. The number of hydrogen-bond donors (Lipinski definition) is 1. The molecule has 1 atom stereocenters. The predicted molar refractivity (Wildman–Crippen MR) is 57.2 cm³/mol. The van der Waals surface area contributed by atoms with Gasteiger partial charge in [-0.2, -0.15) is 0 Å². The fourth-order valence-electron chi connectivity index (χ4n) is 1.73. The maximum atomic E-state index is 11.4. The van der Waals surface area contributed by atoms with Crippen LogP contribution in [0.5, 0.6) is 0 Å². The molecule has 14 heavy (non-hydrogen) atoms. The maximum absolute atomic E-state index is 11.4. The van der Waals surface area contributed by atoms with Crippen molar-refractivity contribution in [2.24, 2.45) is 0 Å². The molecular formula is C10H21N3O. The zero-order chi connectivity index (χ0) is 10.6. The van der Waals surface area contributed by atoms with Crippen molar-refractivity contribution in [1.82, 2.24) is 15.1 Å². The van der Waals surface area contributed by atoms with Gasteiger partial charge in [-0.3, -0.25) is 9.69 Å². The molecule has 1 N–H and O–H groups in total. The van der Waals surface area contributed by atoms with E-state index in [-0.39, 0.29) is 5.91 Å². The van der Waals surface area contributed by atoms with Crippen LogP contribution in [0.4, 0.5) is 0 Å². The van der Waals surface area contributed by atoms with Gasteiger partial charge in [0.05, 0.1) is 6.54 Å². The second kappa shape index (κ2) is 5.32. The van der Waals surface area contributed by atoms with Crippen LogP contribution in [0, 0.1) is 0 Å². The molecule has 1 saturated heterocycles. The average Bonchev–Trinajstić information content (AvgIpc) is 2.56. The Hall–Kier alpha value is -0.610. The van der Waals surface area contributed by atoms with Crippen molar-refractivity contribution in [3.8, 4) is 0 Å². The average molecular weight is 199 g/mol. The Morgan fingerprint density at radius 1 is 1.43 bits per heavy atom. The van der Waals surface area contributed by atoms with E-state index < -0.39 is 0 Å². The van der Waals surface area contributed by atoms with E-state index in [0.717, 1.165) is 13.1 Å². The molecule has 0 radical (unpaired) electrons. The van der Waals surface area contributed by atoms with E-state index in [4.69, 9.17) is 0 Å². The van der Waals surface area contributed by atoms with Crippen molar-refractivity contribution in [3.05, 3.63) is 0 Å². The fourth-order valence-corrected chi connectivity index (χ4v) is 1.73. The highest BCUT2D eigenvalue weighted by Gasteiger charge is 2.17. The summed E-state index contributed by atoms with van der Waals surface area (Å²) in [5.74, 6) is 0.172. The first kappa shape index (κ1) is 11.5. The molecule has 0 aromatic carbocycles. The van der Waals surface area contributed by atoms with E-state index in [0.29, 0.717) is 12.6 Å². The van der Waals surface area contributed by atoms with Gasteiger partial charge in [-0.15, -0.1) is 0 Å². The van der Waals surface area contributed by atoms with Crippen molar-refractivity contribution in [2.45, 2.75) is 18.9 Å². The van der Waals surface area contributed by atoms with E-state index in [2.05, 4.69) is 10.2 Å². The maximum Gasteiger partial charge on any atom is 0.236 e. The van der Waals surface area contributed by atoms with E-state index in [1.807, 2.05) is 7.05 Å². The molecule has 0 spiro atoms. The molecule has 1 amide bonds. The molecule has 0 aliphatic carbocycles. The standard InChI is InChI=1S/C10H21N3O/c1-12(2)10(14)8-13(3)7-9-5-4-6-11-9/h9,11H,4-8H2,1-3H3/t9-/m0/s1. The molecule has 4 nitrogen and oxygen atoms in total. The summed E-state index contributed by atoms with van der Waals surface area (Å²) in [6.45, 7) is 2.62. The van der Waals surface area contributed by atoms with Crippen molar-refractivity contribution < 1.29 is 4.79 Å². The number of nitrogens with one attached hydrogen (secondary N) is 1. The minimum atomic E-state index is 0.172. The Morgan fingerprint density at radius 3 is 2.64 bits per heavy atom. The summed E-state index contributed by atoms with van der Waals surface area (Å²) in [4.78, 5) is 15.1. The van der Waals surface area contributed by atoms with Gasteiger partial charge in [0.2, 0.25) is 5.91 Å². The van der Waals surface area contributed by atoms with Crippen LogP contribution in [0.3, 0.4) is 0 Å². The van der Waals surface area contributed by atoms with Crippen LogP contribution in [-0.2, 0) is 4.79 Å². The molecule has 1 aliphatic heterocycles. The van der Waals surface area contributed by atoms with Gasteiger partial charge in [0.15, 0.2) is 0 Å². The van der Waals surface area contributed by atoms with E-state index >= 15 is 0 Å². The van der Waals surface area contributed by atoms with E-state index in [1.54, 1.807) is 19.0 Å². The van der Waals surface area contributed by atoms with Crippen molar-refractivity contribution in [1.29, 1.82) is 0 Å². The molecule has 82 valence electrons. The Balaban J connectivity index is 2.20. The summed E-state index contributed by atoms with van der Waals surface area (Å²) in [5.41, 5.74) is 0. The minimum Gasteiger partial charge on any atom is -0.348 e. The quantitative estimate of drug-likeness (QED) is 0.678. The van der Waals surface area contributed by atoms with E-state index in [1.165, 1.54) is 12.8 Å². The highest BCUT2D eigenvalue weighted by Crippen LogP contribution is 2.05. The van der Waals surface area contributed by atoms with Crippen molar-refractivity contribution in [3.63, 3.8) is 0 Å². The summed E-state index contributed by atoms with van der Waals surface area (Å²) in [6.07, 6.45) is 2.50. The smallest absolute Gasteiger partial charge is 0.236 e. The molecule has 1 rings (SSSR count). The first-order valence-corrected chi connectivity index (χ1v) is 5.21. The number of amides is 1. The first-order valence-electron chi connectivity index (χ1n) is 5.21. The summed E-state index contributed by atoms with van der Waals surface area (Å²) in [6, 6.07) is 0.579. The lowest BCUT2D eigenvalue weighted by Crippen LogP contribution is -2.40. The lowest BCUT2D eigenvalue weighted by molar-refractivity contribution is -0.129. The van der Waals surface area contributed by atoms with Crippen LogP contribution in [0.25, 0.3) is 0 Å². The Bertz CT molecular complexity index is 188. The van der Waals surface area contributed by atoms with Crippen LogP contribution < -0.4 is 5.32 Å². The largest absolute Gasteiger partial charge is 0.348 e. The van der Waals surface area contributed by atoms with Gasteiger partial charge in [-0.05, 0) is 26.4 Å². The van der Waals surface area contributed by atoms with E-state index in [9.17, 15) is 4.79 Å². The van der Waals surface area contributed by atoms with Crippen molar-refractivity contribution in [2.75, 3.05) is 40.8 Å². The number of carbonyl (C=O) groups is 1. The zero-order valence-corrected chi connectivity index (χ0v) is 9.42. The monoisotopic (exact) mass is 199 g/mol. The molecule has 0 bridgehead atoms. The number of carbonyl (C=O) groups excluding carboxylic acids is 1. The molecule has 1 aliphatic rings. The summed E-state index contributed by atoms with van der Waals surface area (Å²) in [7, 11) is 5.59. The van der Waals surface area contributed by atoms with Gasteiger partial charge in [-0.1, -0.05) is 0 Å². The third-order valence-corrected chi connectivity index (χ3v) is 2.60. The van der Waals surface area contributed by atoms with Gasteiger partial charge < -0.3 is 10.2 Å². The Kier molecular flexibility index (Phi) is 4.35. The summed E-state index contributed by atoms with van der Waals surface area (Å²) >= 11 is 0. The zero-order valence-electron chi connectivity index (χ0n) is 9.42. The Morgan fingerprint density at radius 2 is 2.14 bits per heavy atom. The van der Waals surface area contributed by atoms with Crippen LogP contribution in [0.1, 0.15) is 12.8 Å². The molecule has 0 unspecified atom stereocenters. The molecule has 1 heterocycles. The summed E-state index contributed by atoms with van der Waals surface area (Å²) < 4.78 is 0. The number of hydrogen-bond acceptors (Lipinski definition) is 3. The minimum absolute atomic E-state index is 0.172. The fraction of sp³-hybridized carbons (Fsp3) is 0.900. The van der Waals surface area contributed by atoms with Crippen LogP contribution in [0.15, 0.2) is 0 Å². The van der Waals surface area contributed by atoms with Crippen LogP contribution >= 0.6 is 0 Å². The lowest BCUT2D eigenvalue weighted by atomic mass is 10.2. The molecule has 1 fully saturated rings. The normalized spacial score (nSPS) is 21.6. The topological polar surface area (TPSA) is 35.6 Å². The molecule has 0 aromatic rings. The third kappa shape index (κ3) is 3.64. The number of rotatable bonds is 4. The van der Waals surface area contributed by atoms with Gasteiger partial charge in [0.1, 0.15) is 0 Å². The second-order valence-corrected chi connectivity index (χ2v) is 4.28. The Labute approximate surface area is 86.2 Å². The molecular weight excluding hydrogens is 178 g/mol. The second-order valence-electron chi connectivity index (χ2n) is 4.28. The highest BCUT2D eigenvalue weighted by atomic mass is 16.2. The van der Waals surface area contributed by atoms with Gasteiger partial charge >= 0.3 is 0 Å². The third-order valence-electron chi connectivity index (χ3n) is 2.60. The molecule has 4 heteroatoms. The van der Waals surface area contributed by atoms with Crippen LogP contribution in [0.2, 0.25) is 0 Å². The summed E-state index contributed by atoms with van der Waals surface area (Å²) in [5, 5.41) is 3.42. The lowest BCUT2D eigenvalue weighted by Gasteiger charge is -2.22. The SMILES string of the molecule is CN(CC(=O)N(C)C)C[C@@H]1CCCN1. The molecule has 0 saturated carbocycles. The van der Waals surface area contributed by atoms with Gasteiger partial charge in [0.25, 0.3) is 0 Å². The predicted octanol–water partition coefficient (Wildman–Crippen LogP) is -0.242. The number of likely N-dealkylation sites (N-methyl/N-ethyl adjacent to an activating group) is 2. The molecule has 0 aromatic heterocycles. The first-order chi connectivity index (χ1) is 6.59. The van der Waals surface area contributed by atoms with Crippen molar-refractivity contribution >= 4 is 5.91 Å². The van der Waals surface area contributed by atoms with Crippen LogP contribution in [-0.4, -0.2) is 62.5 Å². The van der Waals surface area contributed by atoms with Gasteiger partial charge in [-0.25, -0.2) is 0 Å².